The highest BCUT2D eigenvalue weighted by Crippen LogP contribution is 2.31. The van der Waals surface area contributed by atoms with Gasteiger partial charge in [-0.2, -0.15) is 0 Å². The first kappa shape index (κ1) is 17.5. The van der Waals surface area contributed by atoms with E-state index >= 15 is 0 Å². The monoisotopic (exact) mass is 340 g/mol. The number of rotatable bonds is 6. The molecule has 0 radical (unpaired) electrons. The molecule has 0 spiro atoms. The minimum absolute atomic E-state index is 0.285. The fourth-order valence-electron chi connectivity index (χ4n) is 3.20. The van der Waals surface area contributed by atoms with E-state index in [9.17, 15) is 9.90 Å². The molecule has 3 N–H and O–H groups in total. The number of aliphatic hydroxyl groups excluding tert-OH is 1. The van der Waals surface area contributed by atoms with E-state index in [2.05, 4.69) is 10.6 Å². The van der Waals surface area contributed by atoms with Gasteiger partial charge in [0.15, 0.2) is 0 Å². The Hall–Kier alpha value is -2.37. The fourth-order valence-corrected chi connectivity index (χ4v) is 3.20. The molecule has 2 atom stereocenters. The number of carbonyl (C=O) groups is 1. The minimum atomic E-state index is -0.589. The molecule has 1 aliphatic rings. The summed E-state index contributed by atoms with van der Waals surface area (Å²) in [7, 11) is 0. The van der Waals surface area contributed by atoms with E-state index in [1.54, 1.807) is 0 Å². The third-order valence-electron chi connectivity index (χ3n) is 4.51. The zero-order chi connectivity index (χ0) is 17.6. The van der Waals surface area contributed by atoms with Crippen molar-refractivity contribution in [1.82, 2.24) is 10.6 Å². The van der Waals surface area contributed by atoms with Crippen molar-refractivity contribution in [3.05, 3.63) is 70.8 Å². The predicted octanol–water partition coefficient (Wildman–Crippen LogP) is 2.68. The highest BCUT2D eigenvalue weighted by Gasteiger charge is 2.31. The Morgan fingerprint density at radius 3 is 2.68 bits per heavy atom. The summed E-state index contributed by atoms with van der Waals surface area (Å²) in [5.74, 6) is 0. The molecule has 2 aromatic carbocycles. The zero-order valence-electron chi connectivity index (χ0n) is 14.4. The molecule has 0 fully saturated rings. The number of aliphatic hydroxyl groups is 1. The van der Waals surface area contributed by atoms with Gasteiger partial charge < -0.3 is 20.5 Å². The summed E-state index contributed by atoms with van der Waals surface area (Å²) in [5.41, 5.74) is 4.17. The van der Waals surface area contributed by atoms with Crippen LogP contribution in [0.3, 0.4) is 0 Å². The van der Waals surface area contributed by atoms with Gasteiger partial charge in [-0.25, -0.2) is 4.79 Å². The smallest absolute Gasteiger partial charge is 0.315 e. The van der Waals surface area contributed by atoms with Gasteiger partial charge in [0, 0.05) is 19.6 Å². The number of benzene rings is 2. The van der Waals surface area contributed by atoms with Crippen molar-refractivity contribution >= 4 is 6.03 Å². The summed E-state index contributed by atoms with van der Waals surface area (Å²) in [6.07, 6.45) is -0.0217. The highest BCUT2D eigenvalue weighted by atomic mass is 16.5. The van der Waals surface area contributed by atoms with Crippen LogP contribution < -0.4 is 10.6 Å². The van der Waals surface area contributed by atoms with E-state index in [1.807, 2.05) is 55.5 Å². The number of carbonyl (C=O) groups excluding carboxylic acids is 1. The fraction of sp³-hybridized carbons (Fsp3) is 0.350. The molecule has 25 heavy (non-hydrogen) atoms. The Morgan fingerprint density at radius 2 is 1.88 bits per heavy atom. The maximum absolute atomic E-state index is 12.3. The van der Waals surface area contributed by atoms with E-state index in [-0.39, 0.29) is 12.1 Å². The van der Waals surface area contributed by atoms with Crippen LogP contribution in [0, 0.1) is 0 Å². The summed E-state index contributed by atoms with van der Waals surface area (Å²) in [6.45, 7) is 3.56. The molecular weight excluding hydrogens is 316 g/mol. The van der Waals surface area contributed by atoms with Gasteiger partial charge in [0.25, 0.3) is 0 Å². The summed E-state index contributed by atoms with van der Waals surface area (Å²) in [5, 5.41) is 16.0. The van der Waals surface area contributed by atoms with Gasteiger partial charge >= 0.3 is 6.03 Å². The largest absolute Gasteiger partial charge is 0.390 e. The first-order valence-corrected chi connectivity index (χ1v) is 8.63. The molecule has 132 valence electrons. The van der Waals surface area contributed by atoms with Crippen LogP contribution in [-0.4, -0.2) is 23.8 Å². The molecule has 0 heterocycles. The van der Waals surface area contributed by atoms with Gasteiger partial charge in [0.05, 0.1) is 18.8 Å². The van der Waals surface area contributed by atoms with Crippen molar-refractivity contribution in [2.45, 2.75) is 38.6 Å². The first-order chi connectivity index (χ1) is 12.2. The SMILES string of the molecule is CCOCc1ccccc1CNC(=O)N[C@@H]1c2ccccc2C[C@@H]1O. The third kappa shape index (κ3) is 4.18. The summed E-state index contributed by atoms with van der Waals surface area (Å²) in [6, 6.07) is 15.1. The van der Waals surface area contributed by atoms with Crippen molar-refractivity contribution in [1.29, 1.82) is 0 Å². The first-order valence-electron chi connectivity index (χ1n) is 8.63. The van der Waals surface area contributed by atoms with Gasteiger partial charge in [-0.1, -0.05) is 48.5 Å². The maximum Gasteiger partial charge on any atom is 0.315 e. The second-order valence-corrected chi connectivity index (χ2v) is 6.18. The average molecular weight is 340 g/mol. The molecule has 0 aromatic heterocycles. The van der Waals surface area contributed by atoms with E-state index in [4.69, 9.17) is 4.74 Å². The van der Waals surface area contributed by atoms with Gasteiger partial charge in [0.1, 0.15) is 0 Å². The Bertz CT molecular complexity index is 732. The number of ether oxygens (including phenoxy) is 1. The van der Waals surface area contributed by atoms with Crippen molar-refractivity contribution < 1.29 is 14.6 Å². The zero-order valence-corrected chi connectivity index (χ0v) is 14.4. The molecular formula is C20H24N2O3. The Labute approximate surface area is 148 Å². The van der Waals surface area contributed by atoms with Gasteiger partial charge in [0.2, 0.25) is 0 Å². The Balaban J connectivity index is 1.59. The van der Waals surface area contributed by atoms with E-state index in [0.29, 0.717) is 26.2 Å². The standard InChI is InChI=1S/C20H24N2O3/c1-2-25-13-16-9-4-3-8-15(16)12-21-20(24)22-19-17-10-6-5-7-14(17)11-18(19)23/h3-10,18-19,23H,2,11-13H2,1H3,(H2,21,22,24)/t18-,19+/m0/s1. The van der Waals surface area contributed by atoms with Crippen LogP contribution in [0.4, 0.5) is 4.79 Å². The van der Waals surface area contributed by atoms with E-state index in [1.165, 1.54) is 0 Å². The van der Waals surface area contributed by atoms with Gasteiger partial charge in [-0.15, -0.1) is 0 Å². The Kier molecular flexibility index (Phi) is 5.68. The van der Waals surface area contributed by atoms with Crippen molar-refractivity contribution in [3.63, 3.8) is 0 Å². The molecule has 0 saturated carbocycles. The molecule has 5 nitrogen and oxygen atoms in total. The predicted molar refractivity (Wildman–Crippen MR) is 96.0 cm³/mol. The van der Waals surface area contributed by atoms with Crippen LogP contribution in [0.1, 0.15) is 35.2 Å². The van der Waals surface area contributed by atoms with E-state index < -0.39 is 6.10 Å². The van der Waals surface area contributed by atoms with Crippen LogP contribution in [-0.2, 0) is 24.3 Å². The number of nitrogens with one attached hydrogen (secondary N) is 2. The van der Waals surface area contributed by atoms with Crippen LogP contribution in [0.15, 0.2) is 48.5 Å². The molecule has 0 bridgehead atoms. The summed E-state index contributed by atoms with van der Waals surface area (Å²) >= 11 is 0. The lowest BCUT2D eigenvalue weighted by molar-refractivity contribution is 0.133. The molecule has 0 unspecified atom stereocenters. The number of urea groups is 1. The summed E-state index contributed by atoms with van der Waals surface area (Å²) < 4.78 is 5.47. The number of hydrogen-bond donors (Lipinski definition) is 3. The lowest BCUT2D eigenvalue weighted by atomic mass is 10.1. The number of fused-ring (bicyclic) bond motifs is 1. The molecule has 3 rings (SSSR count). The average Bonchev–Trinajstić information content (AvgIpc) is 2.94. The van der Waals surface area contributed by atoms with E-state index in [0.717, 1.165) is 22.3 Å². The maximum atomic E-state index is 12.3. The van der Waals surface area contributed by atoms with Gasteiger partial charge in [-0.05, 0) is 29.2 Å². The lowest BCUT2D eigenvalue weighted by Crippen LogP contribution is -2.40. The number of hydrogen-bond acceptors (Lipinski definition) is 3. The summed E-state index contributed by atoms with van der Waals surface area (Å²) in [4.78, 5) is 12.3. The lowest BCUT2D eigenvalue weighted by Gasteiger charge is -2.19. The second-order valence-electron chi connectivity index (χ2n) is 6.18. The van der Waals surface area contributed by atoms with Crippen LogP contribution >= 0.6 is 0 Å². The molecule has 2 aromatic rings. The number of amides is 2. The Morgan fingerprint density at radius 1 is 1.16 bits per heavy atom. The van der Waals surface area contributed by atoms with Crippen LogP contribution in [0.25, 0.3) is 0 Å². The van der Waals surface area contributed by atoms with Crippen molar-refractivity contribution in [2.24, 2.45) is 0 Å². The highest BCUT2D eigenvalue weighted by molar-refractivity contribution is 5.74. The topological polar surface area (TPSA) is 70.6 Å². The van der Waals surface area contributed by atoms with Gasteiger partial charge in [-0.3, -0.25) is 0 Å². The molecule has 1 aliphatic carbocycles. The van der Waals surface area contributed by atoms with Crippen LogP contribution in [0.5, 0.6) is 0 Å². The third-order valence-corrected chi connectivity index (χ3v) is 4.51. The van der Waals surface area contributed by atoms with Crippen molar-refractivity contribution in [2.75, 3.05) is 6.61 Å². The van der Waals surface area contributed by atoms with Crippen LogP contribution in [0.2, 0.25) is 0 Å². The minimum Gasteiger partial charge on any atom is -0.390 e. The molecule has 2 amide bonds. The molecule has 5 heteroatoms. The molecule has 0 saturated heterocycles. The second kappa shape index (κ2) is 8.14. The molecule has 0 aliphatic heterocycles. The quantitative estimate of drug-likeness (QED) is 0.757. The van der Waals surface area contributed by atoms with Crippen molar-refractivity contribution in [3.8, 4) is 0 Å². The normalized spacial score (nSPS) is 18.6.